The molecule has 1 amide bonds. The van der Waals surface area contributed by atoms with E-state index < -0.39 is 17.5 Å². The summed E-state index contributed by atoms with van der Waals surface area (Å²) < 4.78 is 19.7. The van der Waals surface area contributed by atoms with Crippen LogP contribution in [0.2, 0.25) is 5.02 Å². The number of amides is 1. The number of aldehydes is 1. The molecule has 0 aliphatic carbocycles. The highest BCUT2D eigenvalue weighted by atomic mass is 35.5. The highest BCUT2D eigenvalue weighted by Crippen LogP contribution is 2.39. The number of carbonyl (C=O) groups excluding carboxylic acids is 2. The fourth-order valence-electron chi connectivity index (χ4n) is 4.26. The Morgan fingerprint density at radius 1 is 1.21 bits per heavy atom. The van der Waals surface area contributed by atoms with Gasteiger partial charge in [-0.1, -0.05) is 11.6 Å². The Bertz CT molecular complexity index is 1230. The van der Waals surface area contributed by atoms with E-state index >= 15 is 0 Å². The third kappa shape index (κ3) is 5.47. The van der Waals surface area contributed by atoms with Crippen LogP contribution in [0.1, 0.15) is 44.0 Å². The molecule has 0 bridgehead atoms. The van der Waals surface area contributed by atoms with Crippen LogP contribution >= 0.6 is 11.6 Å². The van der Waals surface area contributed by atoms with Crippen LogP contribution in [0.25, 0.3) is 22.0 Å². The van der Waals surface area contributed by atoms with Gasteiger partial charge in [0.15, 0.2) is 0 Å². The molecule has 4 rings (SSSR count). The standard InChI is InChI=1S/C26H27ClFN3O3/c1-26(2,3)34-25(33)30-20-6-8-31(9-7-20)24-21-13-18(27)4-5-23(21)29-14-22(24)17-10-16(15-32)11-19(28)12-17/h4-5,10-15,20H,6-9H2,1-3H3,(H,30,33). The number of anilines is 1. The van der Waals surface area contributed by atoms with Crippen LogP contribution in [-0.2, 0) is 4.74 Å². The maximum absolute atomic E-state index is 14.3. The van der Waals surface area contributed by atoms with E-state index in [2.05, 4.69) is 15.2 Å². The molecule has 34 heavy (non-hydrogen) atoms. The summed E-state index contributed by atoms with van der Waals surface area (Å²) in [5.41, 5.74) is 2.64. The molecule has 178 valence electrons. The van der Waals surface area contributed by atoms with Crippen LogP contribution in [0, 0.1) is 5.82 Å². The number of alkyl carbamates (subject to hydrolysis) is 1. The van der Waals surface area contributed by atoms with E-state index in [4.69, 9.17) is 16.3 Å². The quantitative estimate of drug-likeness (QED) is 0.461. The molecule has 0 saturated carbocycles. The second kappa shape index (κ2) is 9.58. The molecule has 1 aromatic heterocycles. The Labute approximate surface area is 203 Å². The fourth-order valence-corrected chi connectivity index (χ4v) is 4.43. The molecule has 0 unspecified atom stereocenters. The second-order valence-electron chi connectivity index (χ2n) is 9.48. The largest absolute Gasteiger partial charge is 0.444 e. The molecule has 8 heteroatoms. The minimum Gasteiger partial charge on any atom is -0.444 e. The molecule has 2 heterocycles. The number of benzene rings is 2. The van der Waals surface area contributed by atoms with Crippen LogP contribution in [0.4, 0.5) is 14.9 Å². The van der Waals surface area contributed by atoms with Crippen LogP contribution < -0.4 is 10.2 Å². The molecule has 2 aromatic carbocycles. The van der Waals surface area contributed by atoms with Gasteiger partial charge in [0, 0.05) is 46.9 Å². The molecule has 1 N–H and O–H groups in total. The zero-order valence-electron chi connectivity index (χ0n) is 19.4. The molecule has 6 nitrogen and oxygen atoms in total. The number of rotatable bonds is 4. The minimum atomic E-state index is -0.555. The average molecular weight is 484 g/mol. The van der Waals surface area contributed by atoms with Gasteiger partial charge in [0.25, 0.3) is 0 Å². The van der Waals surface area contributed by atoms with Gasteiger partial charge in [-0.2, -0.15) is 0 Å². The van der Waals surface area contributed by atoms with E-state index in [-0.39, 0.29) is 11.6 Å². The van der Waals surface area contributed by atoms with Gasteiger partial charge in [0.1, 0.15) is 17.7 Å². The maximum atomic E-state index is 14.3. The SMILES string of the molecule is CC(C)(C)OC(=O)NC1CCN(c2c(-c3cc(F)cc(C=O)c3)cnc3ccc(Cl)cc23)CC1. The number of aromatic nitrogens is 1. The number of halogens is 2. The molecule has 0 radical (unpaired) electrons. The van der Waals surface area contributed by atoms with Crippen LogP contribution in [0.15, 0.2) is 42.6 Å². The molecule has 1 aliphatic rings. The Morgan fingerprint density at radius 3 is 2.62 bits per heavy atom. The van der Waals surface area contributed by atoms with Gasteiger partial charge in [-0.05, 0) is 75.6 Å². The Morgan fingerprint density at radius 2 is 1.94 bits per heavy atom. The summed E-state index contributed by atoms with van der Waals surface area (Å²) in [4.78, 5) is 30.3. The monoisotopic (exact) mass is 483 g/mol. The van der Waals surface area contributed by atoms with E-state index in [9.17, 15) is 14.0 Å². The number of carbonyl (C=O) groups is 2. The van der Waals surface area contributed by atoms with Crippen molar-refractivity contribution in [2.24, 2.45) is 0 Å². The lowest BCUT2D eigenvalue weighted by molar-refractivity contribution is 0.0497. The van der Waals surface area contributed by atoms with Crippen molar-refractivity contribution >= 4 is 40.6 Å². The third-order valence-corrected chi connectivity index (χ3v) is 5.94. The van der Waals surface area contributed by atoms with E-state index in [1.807, 2.05) is 32.9 Å². The van der Waals surface area contributed by atoms with Crippen molar-refractivity contribution in [1.82, 2.24) is 10.3 Å². The van der Waals surface area contributed by atoms with Crippen molar-refractivity contribution < 1.29 is 18.7 Å². The van der Waals surface area contributed by atoms with E-state index in [1.54, 1.807) is 18.3 Å². The van der Waals surface area contributed by atoms with Gasteiger partial charge in [-0.25, -0.2) is 9.18 Å². The lowest BCUT2D eigenvalue weighted by Gasteiger charge is -2.36. The Balaban J connectivity index is 1.67. The number of ether oxygens (including phenoxy) is 1. The van der Waals surface area contributed by atoms with Gasteiger partial charge in [0.2, 0.25) is 0 Å². The minimum absolute atomic E-state index is 0.0120. The second-order valence-corrected chi connectivity index (χ2v) is 9.92. The molecule has 1 saturated heterocycles. The van der Waals surface area contributed by atoms with Crippen LogP contribution in [0.5, 0.6) is 0 Å². The molecule has 0 spiro atoms. The summed E-state index contributed by atoms with van der Waals surface area (Å²) in [6.07, 6.45) is 3.34. The topological polar surface area (TPSA) is 71.5 Å². The summed E-state index contributed by atoms with van der Waals surface area (Å²) >= 11 is 6.32. The van der Waals surface area contributed by atoms with Crippen molar-refractivity contribution in [3.63, 3.8) is 0 Å². The highest BCUT2D eigenvalue weighted by Gasteiger charge is 2.26. The number of pyridine rings is 1. The number of piperidine rings is 1. The predicted octanol–water partition coefficient (Wildman–Crippen LogP) is 6.00. The fraction of sp³-hybridized carbons (Fsp3) is 0.346. The zero-order chi connectivity index (χ0) is 24.5. The van der Waals surface area contributed by atoms with Crippen molar-refractivity contribution in [2.45, 2.75) is 45.3 Å². The summed E-state index contributed by atoms with van der Waals surface area (Å²) in [6, 6.07) is 9.74. The first-order valence-corrected chi connectivity index (χ1v) is 11.6. The van der Waals surface area contributed by atoms with E-state index in [1.165, 1.54) is 12.1 Å². The van der Waals surface area contributed by atoms with Crippen molar-refractivity contribution in [3.8, 4) is 11.1 Å². The van der Waals surface area contributed by atoms with Gasteiger partial charge in [0.05, 0.1) is 11.2 Å². The number of hydrogen-bond acceptors (Lipinski definition) is 5. The van der Waals surface area contributed by atoms with Gasteiger partial charge in [-0.3, -0.25) is 9.78 Å². The first-order chi connectivity index (χ1) is 16.1. The molecule has 0 atom stereocenters. The van der Waals surface area contributed by atoms with Crippen LogP contribution in [-0.4, -0.2) is 42.1 Å². The Kier molecular flexibility index (Phi) is 6.75. The van der Waals surface area contributed by atoms with Crippen molar-refractivity contribution in [3.05, 3.63) is 59.0 Å². The van der Waals surface area contributed by atoms with Gasteiger partial charge in [-0.15, -0.1) is 0 Å². The lowest BCUT2D eigenvalue weighted by Crippen LogP contribution is -2.46. The zero-order valence-corrected chi connectivity index (χ0v) is 20.2. The van der Waals surface area contributed by atoms with E-state index in [0.29, 0.717) is 42.8 Å². The predicted molar refractivity (Wildman–Crippen MR) is 132 cm³/mol. The van der Waals surface area contributed by atoms with Crippen LogP contribution in [0.3, 0.4) is 0 Å². The first kappa shape index (κ1) is 24.0. The molecule has 1 aliphatic heterocycles. The molecule has 3 aromatic rings. The third-order valence-electron chi connectivity index (χ3n) is 5.70. The number of nitrogens with one attached hydrogen (secondary N) is 1. The average Bonchev–Trinajstić information content (AvgIpc) is 2.77. The number of fused-ring (bicyclic) bond motifs is 1. The Hall–Kier alpha value is -3.19. The summed E-state index contributed by atoms with van der Waals surface area (Å²) in [5, 5.41) is 4.37. The number of hydrogen-bond donors (Lipinski definition) is 1. The lowest BCUT2D eigenvalue weighted by atomic mass is 9.97. The smallest absolute Gasteiger partial charge is 0.407 e. The van der Waals surface area contributed by atoms with E-state index in [0.717, 1.165) is 22.2 Å². The molecule has 1 fully saturated rings. The summed E-state index contributed by atoms with van der Waals surface area (Å²) in [6.45, 7) is 6.82. The van der Waals surface area contributed by atoms with Crippen molar-refractivity contribution in [1.29, 1.82) is 0 Å². The number of nitrogens with zero attached hydrogens (tertiary/aromatic N) is 2. The van der Waals surface area contributed by atoms with Crippen molar-refractivity contribution in [2.75, 3.05) is 18.0 Å². The maximum Gasteiger partial charge on any atom is 0.407 e. The van der Waals surface area contributed by atoms with Gasteiger partial charge < -0.3 is 15.0 Å². The molecular formula is C26H27ClFN3O3. The summed E-state index contributed by atoms with van der Waals surface area (Å²) in [5.74, 6) is -0.489. The summed E-state index contributed by atoms with van der Waals surface area (Å²) in [7, 11) is 0. The van der Waals surface area contributed by atoms with Gasteiger partial charge >= 0.3 is 6.09 Å². The first-order valence-electron chi connectivity index (χ1n) is 11.2. The molecular weight excluding hydrogens is 457 g/mol. The highest BCUT2D eigenvalue weighted by molar-refractivity contribution is 6.31. The normalized spacial score (nSPS) is 14.8.